The number of benzene rings is 8. The molecule has 0 saturated carbocycles. The summed E-state index contributed by atoms with van der Waals surface area (Å²) >= 11 is 0. The number of fused-ring (bicyclic) bond motifs is 4. The largest absolute Gasteiger partial charge is 0.453 e. The first-order chi connectivity index (χ1) is 26.9. The summed E-state index contributed by atoms with van der Waals surface area (Å²) in [5.74, 6) is 1.78. The summed E-state index contributed by atoms with van der Waals surface area (Å²) in [5, 5.41) is 0. The quantitative estimate of drug-likeness (QED) is 0.171. The van der Waals surface area contributed by atoms with Crippen LogP contribution in [0.2, 0.25) is 0 Å². The summed E-state index contributed by atoms with van der Waals surface area (Å²) in [4.78, 5) is 4.74. The summed E-state index contributed by atoms with van der Waals surface area (Å²) in [6.45, 7) is 6.84. The minimum atomic E-state index is -0.212. The predicted octanol–water partition coefficient (Wildman–Crippen LogP) is 14.7. The van der Waals surface area contributed by atoms with Crippen molar-refractivity contribution in [3.63, 3.8) is 0 Å². The molecule has 0 radical (unpaired) electrons. The molecular weight excluding hydrogens is 669 g/mol. The zero-order valence-electron chi connectivity index (χ0n) is 31.2. The van der Waals surface area contributed by atoms with Crippen LogP contribution < -0.4 is 14.5 Å². The molecule has 8 aromatic rings. The first-order valence-electron chi connectivity index (χ1n) is 19.0. The Kier molecular flexibility index (Phi) is 7.71. The van der Waals surface area contributed by atoms with E-state index in [9.17, 15) is 0 Å². The summed E-state index contributed by atoms with van der Waals surface area (Å²) in [6, 6.07) is 67.5. The molecule has 10 rings (SSSR count). The standard InChI is InChI=1S/C52H40N2O/c1-35-13-12-20-48-50(35)54-47-19-11-10-18-45(47)52(2,3)46-33-41(34-49(55-48)51(46)54)40-23-21-37(22-24-40)39-27-31-44(32-28-39)53(42-16-8-5-9-17-42)43-29-25-38(26-30-43)36-14-6-4-7-15-36/h4-34H,1-3H3. The number of anilines is 6. The van der Waals surface area contributed by atoms with Crippen LogP contribution in [0.4, 0.5) is 34.1 Å². The van der Waals surface area contributed by atoms with E-state index in [2.05, 4.69) is 219 Å². The number of hydrogen-bond donors (Lipinski definition) is 0. The lowest BCUT2D eigenvalue weighted by atomic mass is 9.72. The van der Waals surface area contributed by atoms with Crippen molar-refractivity contribution in [3.8, 4) is 44.9 Å². The Labute approximate surface area is 323 Å². The van der Waals surface area contributed by atoms with Gasteiger partial charge in [0.15, 0.2) is 11.5 Å². The van der Waals surface area contributed by atoms with Crippen LogP contribution in [-0.2, 0) is 5.41 Å². The lowest BCUT2D eigenvalue weighted by Gasteiger charge is -2.45. The third-order valence-electron chi connectivity index (χ3n) is 11.4. The molecule has 0 N–H and O–H groups in total. The van der Waals surface area contributed by atoms with Gasteiger partial charge in [-0.05, 0) is 118 Å². The van der Waals surface area contributed by atoms with E-state index < -0.39 is 0 Å². The van der Waals surface area contributed by atoms with Gasteiger partial charge in [0.25, 0.3) is 0 Å². The van der Waals surface area contributed by atoms with Crippen molar-refractivity contribution in [2.75, 3.05) is 9.80 Å². The molecule has 0 amide bonds. The molecule has 0 unspecified atom stereocenters. The van der Waals surface area contributed by atoms with Gasteiger partial charge >= 0.3 is 0 Å². The van der Waals surface area contributed by atoms with E-state index in [0.29, 0.717) is 0 Å². The molecule has 0 fully saturated rings. The molecule has 0 aliphatic carbocycles. The van der Waals surface area contributed by atoms with E-state index in [-0.39, 0.29) is 5.41 Å². The van der Waals surface area contributed by atoms with Crippen LogP contribution in [0, 0.1) is 6.92 Å². The molecule has 0 atom stereocenters. The third-order valence-corrected chi connectivity index (χ3v) is 11.4. The van der Waals surface area contributed by atoms with Crippen molar-refractivity contribution in [2.24, 2.45) is 0 Å². The van der Waals surface area contributed by atoms with E-state index in [1.165, 1.54) is 44.6 Å². The zero-order valence-corrected chi connectivity index (χ0v) is 31.2. The molecular formula is C52H40N2O. The van der Waals surface area contributed by atoms with Crippen LogP contribution in [-0.4, -0.2) is 0 Å². The van der Waals surface area contributed by atoms with E-state index in [1.807, 2.05) is 0 Å². The second-order valence-electron chi connectivity index (χ2n) is 15.1. The zero-order chi connectivity index (χ0) is 37.1. The summed E-state index contributed by atoms with van der Waals surface area (Å²) in [6.07, 6.45) is 0. The van der Waals surface area contributed by atoms with Crippen LogP contribution in [0.1, 0.15) is 30.5 Å². The monoisotopic (exact) mass is 708 g/mol. The molecule has 3 nitrogen and oxygen atoms in total. The van der Waals surface area contributed by atoms with Crippen LogP contribution in [0.15, 0.2) is 188 Å². The molecule has 55 heavy (non-hydrogen) atoms. The highest BCUT2D eigenvalue weighted by Crippen LogP contribution is 2.61. The topological polar surface area (TPSA) is 15.7 Å². The molecule has 264 valence electrons. The molecule has 2 aliphatic heterocycles. The van der Waals surface area contributed by atoms with Gasteiger partial charge < -0.3 is 14.5 Å². The Morgan fingerprint density at radius 2 is 0.927 bits per heavy atom. The Balaban J connectivity index is 0.979. The second kappa shape index (κ2) is 12.9. The van der Waals surface area contributed by atoms with Gasteiger partial charge in [-0.25, -0.2) is 0 Å². The highest BCUT2D eigenvalue weighted by molar-refractivity contribution is 5.95. The smallest absolute Gasteiger partial charge is 0.152 e. The normalized spacial score (nSPS) is 13.3. The number of para-hydroxylation sites is 3. The van der Waals surface area contributed by atoms with Crippen LogP contribution >= 0.6 is 0 Å². The van der Waals surface area contributed by atoms with Crippen LogP contribution in [0.3, 0.4) is 0 Å². The average molecular weight is 709 g/mol. The Morgan fingerprint density at radius 1 is 0.418 bits per heavy atom. The molecule has 0 spiro atoms. The second-order valence-corrected chi connectivity index (χ2v) is 15.1. The maximum Gasteiger partial charge on any atom is 0.152 e. The maximum atomic E-state index is 6.74. The van der Waals surface area contributed by atoms with E-state index in [0.717, 1.165) is 51.1 Å². The fraction of sp³-hybridized carbons (Fsp3) is 0.0769. The van der Waals surface area contributed by atoms with Gasteiger partial charge in [0.2, 0.25) is 0 Å². The van der Waals surface area contributed by atoms with Crippen LogP contribution in [0.5, 0.6) is 11.5 Å². The van der Waals surface area contributed by atoms with E-state index in [1.54, 1.807) is 0 Å². The fourth-order valence-electron chi connectivity index (χ4n) is 8.49. The van der Waals surface area contributed by atoms with Crippen molar-refractivity contribution in [1.29, 1.82) is 0 Å². The highest BCUT2D eigenvalue weighted by Gasteiger charge is 2.42. The molecule has 0 bridgehead atoms. The Bertz CT molecular complexity index is 2680. The van der Waals surface area contributed by atoms with Gasteiger partial charge in [-0.1, -0.05) is 141 Å². The lowest BCUT2D eigenvalue weighted by molar-refractivity contribution is 0.471. The summed E-state index contributed by atoms with van der Waals surface area (Å²) < 4.78 is 6.74. The SMILES string of the molecule is Cc1cccc2c1N1c3ccccc3C(C)(C)c3cc(-c4ccc(-c5ccc(N(c6ccccc6)c6ccc(-c7ccccc7)cc6)cc5)cc4)cc(c31)O2. The molecule has 0 saturated heterocycles. The first-order valence-corrected chi connectivity index (χ1v) is 19.0. The van der Waals surface area contributed by atoms with Gasteiger partial charge in [-0.15, -0.1) is 0 Å². The highest BCUT2D eigenvalue weighted by atomic mass is 16.5. The van der Waals surface area contributed by atoms with Gasteiger partial charge in [0.1, 0.15) is 0 Å². The number of ether oxygens (including phenoxy) is 1. The minimum Gasteiger partial charge on any atom is -0.453 e. The average Bonchev–Trinajstić information content (AvgIpc) is 3.24. The van der Waals surface area contributed by atoms with Crippen molar-refractivity contribution in [1.82, 2.24) is 0 Å². The first kappa shape index (κ1) is 32.8. The van der Waals surface area contributed by atoms with Crippen molar-refractivity contribution < 1.29 is 4.74 Å². The summed E-state index contributed by atoms with van der Waals surface area (Å²) in [7, 11) is 0. The van der Waals surface area contributed by atoms with Gasteiger partial charge in [0.05, 0.1) is 17.1 Å². The minimum absolute atomic E-state index is 0.212. The third kappa shape index (κ3) is 5.51. The molecule has 2 aliphatic rings. The van der Waals surface area contributed by atoms with Gasteiger partial charge in [-0.2, -0.15) is 0 Å². The molecule has 0 aromatic heterocycles. The predicted molar refractivity (Wildman–Crippen MR) is 229 cm³/mol. The lowest BCUT2D eigenvalue weighted by Crippen LogP contribution is -2.32. The van der Waals surface area contributed by atoms with Crippen LogP contribution in [0.25, 0.3) is 33.4 Å². The van der Waals surface area contributed by atoms with E-state index in [4.69, 9.17) is 4.74 Å². The maximum absolute atomic E-state index is 6.74. The Hall–Kier alpha value is -6.84. The van der Waals surface area contributed by atoms with Gasteiger partial charge in [0, 0.05) is 22.5 Å². The molecule has 2 heterocycles. The molecule has 3 heteroatoms. The van der Waals surface area contributed by atoms with Gasteiger partial charge in [-0.3, -0.25) is 0 Å². The summed E-state index contributed by atoms with van der Waals surface area (Å²) in [5.41, 5.74) is 17.5. The number of nitrogens with zero attached hydrogens (tertiary/aromatic N) is 2. The Morgan fingerprint density at radius 3 is 1.56 bits per heavy atom. The van der Waals surface area contributed by atoms with E-state index >= 15 is 0 Å². The fourth-order valence-corrected chi connectivity index (χ4v) is 8.49. The molecule has 8 aromatic carbocycles. The van der Waals surface area contributed by atoms with Crippen molar-refractivity contribution in [3.05, 3.63) is 205 Å². The van der Waals surface area contributed by atoms with Crippen molar-refractivity contribution >= 4 is 34.1 Å². The number of aryl methyl sites for hydroxylation is 1. The van der Waals surface area contributed by atoms with Crippen molar-refractivity contribution in [2.45, 2.75) is 26.2 Å². The number of hydrogen-bond acceptors (Lipinski definition) is 3. The number of rotatable bonds is 6.